The third kappa shape index (κ3) is 3.57. The summed E-state index contributed by atoms with van der Waals surface area (Å²) in [5.41, 5.74) is 3.17. The molecule has 0 aromatic heterocycles. The van der Waals surface area contributed by atoms with Gasteiger partial charge in [0.15, 0.2) is 9.84 Å². The largest absolute Gasteiger partial charge is 0.314 e. The van der Waals surface area contributed by atoms with E-state index in [-0.39, 0.29) is 0 Å². The van der Waals surface area contributed by atoms with Crippen molar-refractivity contribution in [1.29, 1.82) is 0 Å². The monoisotopic (exact) mass is 281 g/mol. The number of hydrogen-bond acceptors (Lipinski definition) is 3. The van der Waals surface area contributed by atoms with Crippen LogP contribution in [-0.2, 0) is 16.3 Å². The second kappa shape index (κ2) is 5.63. The van der Waals surface area contributed by atoms with E-state index in [2.05, 4.69) is 5.32 Å². The molecule has 1 aromatic rings. The van der Waals surface area contributed by atoms with E-state index in [1.54, 1.807) is 0 Å². The number of benzene rings is 1. The van der Waals surface area contributed by atoms with Crippen molar-refractivity contribution in [3.63, 3.8) is 0 Å². The summed E-state index contributed by atoms with van der Waals surface area (Å²) in [5.74, 6) is 0. The van der Waals surface area contributed by atoms with E-state index in [9.17, 15) is 8.42 Å². The molecule has 1 heterocycles. The average Bonchev–Trinajstić information content (AvgIpc) is 2.33. The molecule has 4 heteroatoms. The van der Waals surface area contributed by atoms with Gasteiger partial charge in [-0.05, 0) is 62.4 Å². The maximum Gasteiger partial charge on any atom is 0.175 e. The van der Waals surface area contributed by atoms with E-state index in [0.717, 1.165) is 30.5 Å². The summed E-state index contributed by atoms with van der Waals surface area (Å²) >= 11 is 0. The standard InChI is InChI=1S/C15H23NO2S/c1-11-8-13(10-14-6-4-5-7-16-14)15(9-12(11)2)19(3,17)18/h8-9,14,16H,4-7,10H2,1-3H3. The van der Waals surface area contributed by atoms with Crippen molar-refractivity contribution in [3.8, 4) is 0 Å². The third-order valence-corrected chi connectivity index (χ3v) is 5.13. The topological polar surface area (TPSA) is 46.2 Å². The number of hydrogen-bond donors (Lipinski definition) is 1. The molecule has 3 nitrogen and oxygen atoms in total. The third-order valence-electron chi connectivity index (χ3n) is 3.95. The van der Waals surface area contributed by atoms with Gasteiger partial charge in [0.05, 0.1) is 4.90 Å². The maximum atomic E-state index is 11.9. The molecule has 1 aliphatic heterocycles. The average molecular weight is 281 g/mol. The molecule has 0 saturated carbocycles. The van der Waals surface area contributed by atoms with Crippen LogP contribution in [0.15, 0.2) is 17.0 Å². The predicted octanol–water partition coefficient (Wildman–Crippen LogP) is 2.39. The van der Waals surface area contributed by atoms with Crippen LogP contribution >= 0.6 is 0 Å². The van der Waals surface area contributed by atoms with Gasteiger partial charge in [0, 0.05) is 12.3 Å². The first kappa shape index (κ1) is 14.5. The molecule has 1 unspecified atom stereocenters. The number of sulfone groups is 1. The van der Waals surface area contributed by atoms with Crippen LogP contribution in [0.25, 0.3) is 0 Å². The van der Waals surface area contributed by atoms with Crippen LogP contribution in [0, 0.1) is 13.8 Å². The van der Waals surface area contributed by atoms with Crippen molar-refractivity contribution in [2.24, 2.45) is 0 Å². The maximum absolute atomic E-state index is 11.9. The second-order valence-corrected chi connectivity index (χ2v) is 7.65. The Bertz CT molecular complexity index is 558. The summed E-state index contributed by atoms with van der Waals surface area (Å²) in [6.45, 7) is 5.05. The van der Waals surface area contributed by atoms with Crippen LogP contribution in [0.2, 0.25) is 0 Å². The number of rotatable bonds is 3. The molecule has 2 rings (SSSR count). The van der Waals surface area contributed by atoms with Crippen LogP contribution in [0.4, 0.5) is 0 Å². The SMILES string of the molecule is Cc1cc(CC2CCCCN2)c(S(C)(=O)=O)cc1C. The molecule has 0 aliphatic carbocycles. The van der Waals surface area contributed by atoms with Gasteiger partial charge in [-0.1, -0.05) is 12.5 Å². The highest BCUT2D eigenvalue weighted by Crippen LogP contribution is 2.23. The first-order valence-corrected chi connectivity index (χ1v) is 8.80. The van der Waals surface area contributed by atoms with Crippen molar-refractivity contribution >= 4 is 9.84 Å². The molecule has 0 radical (unpaired) electrons. The molecule has 1 saturated heterocycles. The van der Waals surface area contributed by atoms with Crippen molar-refractivity contribution < 1.29 is 8.42 Å². The van der Waals surface area contributed by atoms with E-state index >= 15 is 0 Å². The quantitative estimate of drug-likeness (QED) is 0.925. The highest BCUT2D eigenvalue weighted by molar-refractivity contribution is 7.90. The fourth-order valence-corrected chi connectivity index (χ4v) is 3.73. The van der Waals surface area contributed by atoms with Crippen molar-refractivity contribution in [2.45, 2.75) is 50.5 Å². The second-order valence-electron chi connectivity index (χ2n) is 5.67. The molecule has 1 aliphatic rings. The predicted molar refractivity (Wildman–Crippen MR) is 78.4 cm³/mol. The van der Waals surface area contributed by atoms with Crippen molar-refractivity contribution in [3.05, 3.63) is 28.8 Å². The molecule has 1 N–H and O–H groups in total. The van der Waals surface area contributed by atoms with Crippen LogP contribution in [0.5, 0.6) is 0 Å². The molecule has 1 atom stereocenters. The van der Waals surface area contributed by atoms with Gasteiger partial charge in [0.25, 0.3) is 0 Å². The van der Waals surface area contributed by atoms with E-state index in [1.165, 1.54) is 24.7 Å². The first-order chi connectivity index (χ1) is 8.88. The van der Waals surface area contributed by atoms with Gasteiger partial charge in [-0.2, -0.15) is 0 Å². The highest BCUT2D eigenvalue weighted by Gasteiger charge is 2.19. The fourth-order valence-electron chi connectivity index (χ4n) is 2.72. The minimum absolute atomic E-state index is 0.413. The number of nitrogens with one attached hydrogen (secondary N) is 1. The molecule has 19 heavy (non-hydrogen) atoms. The molecular formula is C15H23NO2S. The summed E-state index contributed by atoms with van der Waals surface area (Å²) in [5, 5.41) is 3.49. The smallest absolute Gasteiger partial charge is 0.175 e. The van der Waals surface area contributed by atoms with Crippen LogP contribution < -0.4 is 5.32 Å². The van der Waals surface area contributed by atoms with Gasteiger partial charge >= 0.3 is 0 Å². The minimum Gasteiger partial charge on any atom is -0.314 e. The Balaban J connectivity index is 2.34. The molecule has 106 valence electrons. The Morgan fingerprint density at radius 2 is 1.89 bits per heavy atom. The van der Waals surface area contributed by atoms with Crippen LogP contribution in [-0.4, -0.2) is 27.3 Å². The molecule has 0 amide bonds. The molecule has 1 fully saturated rings. The van der Waals surface area contributed by atoms with Crippen LogP contribution in [0.3, 0.4) is 0 Å². The van der Waals surface area contributed by atoms with E-state index in [0.29, 0.717) is 10.9 Å². The fraction of sp³-hybridized carbons (Fsp3) is 0.600. The Kier molecular flexibility index (Phi) is 4.31. The van der Waals surface area contributed by atoms with Gasteiger partial charge in [-0.15, -0.1) is 0 Å². The highest BCUT2D eigenvalue weighted by atomic mass is 32.2. The molecule has 0 spiro atoms. The summed E-state index contributed by atoms with van der Waals surface area (Å²) in [6.07, 6.45) is 5.70. The number of aryl methyl sites for hydroxylation is 2. The normalized spacial score (nSPS) is 20.5. The lowest BCUT2D eigenvalue weighted by Gasteiger charge is -2.24. The first-order valence-electron chi connectivity index (χ1n) is 6.91. The lowest BCUT2D eigenvalue weighted by atomic mass is 9.96. The van der Waals surface area contributed by atoms with Gasteiger partial charge < -0.3 is 5.32 Å². The Morgan fingerprint density at radius 1 is 1.21 bits per heavy atom. The lowest BCUT2D eigenvalue weighted by molar-refractivity contribution is 0.397. The Hall–Kier alpha value is -0.870. The van der Waals surface area contributed by atoms with Crippen molar-refractivity contribution in [2.75, 3.05) is 12.8 Å². The molecule has 1 aromatic carbocycles. The van der Waals surface area contributed by atoms with Crippen molar-refractivity contribution in [1.82, 2.24) is 5.32 Å². The van der Waals surface area contributed by atoms with E-state index < -0.39 is 9.84 Å². The van der Waals surface area contributed by atoms with Gasteiger partial charge in [0.2, 0.25) is 0 Å². The lowest BCUT2D eigenvalue weighted by Crippen LogP contribution is -2.35. The van der Waals surface area contributed by atoms with Gasteiger partial charge in [0.1, 0.15) is 0 Å². The summed E-state index contributed by atoms with van der Waals surface area (Å²) in [6, 6.07) is 4.28. The van der Waals surface area contributed by atoms with Gasteiger partial charge in [-0.3, -0.25) is 0 Å². The summed E-state index contributed by atoms with van der Waals surface area (Å²) in [4.78, 5) is 0.503. The van der Waals surface area contributed by atoms with Gasteiger partial charge in [-0.25, -0.2) is 8.42 Å². The van der Waals surface area contributed by atoms with E-state index in [4.69, 9.17) is 0 Å². The minimum atomic E-state index is -3.15. The number of piperidine rings is 1. The Labute approximate surface area is 116 Å². The van der Waals surface area contributed by atoms with Crippen LogP contribution in [0.1, 0.15) is 36.0 Å². The summed E-state index contributed by atoms with van der Waals surface area (Å²) < 4.78 is 23.9. The molecule has 0 bridgehead atoms. The Morgan fingerprint density at radius 3 is 2.47 bits per heavy atom. The molecular weight excluding hydrogens is 258 g/mol. The zero-order valence-corrected chi connectivity index (χ0v) is 12.8. The summed E-state index contributed by atoms with van der Waals surface area (Å²) in [7, 11) is -3.15. The zero-order valence-electron chi connectivity index (χ0n) is 12.0. The van der Waals surface area contributed by atoms with E-state index in [1.807, 2.05) is 26.0 Å². The zero-order chi connectivity index (χ0) is 14.0.